The fourth-order valence-electron chi connectivity index (χ4n) is 4.09. The van der Waals surface area contributed by atoms with Gasteiger partial charge in [0, 0.05) is 12.0 Å². The zero-order valence-corrected chi connectivity index (χ0v) is 17.4. The molecule has 2 aromatic carbocycles. The summed E-state index contributed by atoms with van der Waals surface area (Å²) in [6.07, 6.45) is 0.296. The summed E-state index contributed by atoms with van der Waals surface area (Å²) in [5.41, 5.74) is 0.665. The van der Waals surface area contributed by atoms with Gasteiger partial charge in [-0.3, -0.25) is 9.59 Å². The molecule has 1 heterocycles. The van der Waals surface area contributed by atoms with Gasteiger partial charge >= 0.3 is 13.1 Å². The van der Waals surface area contributed by atoms with E-state index < -0.39 is 29.7 Å². The zero-order chi connectivity index (χ0) is 21.0. The molecule has 0 saturated carbocycles. The summed E-state index contributed by atoms with van der Waals surface area (Å²) in [4.78, 5) is 26.1. The molecule has 0 bridgehead atoms. The number of ether oxygens (including phenoxy) is 1. The molecule has 0 radical (unpaired) electrons. The standard InChI is InChI=1S/C23H25BO5/c1-21(2)22(3,4)29-24(28-21)17-12-10-16(11-13-17)23(20(26)27-5)14-15-8-6-7-9-18(15)19(23)25/h6-13H,14H2,1-5H3. The summed E-state index contributed by atoms with van der Waals surface area (Å²) in [5.74, 6) is -0.759. The largest absolute Gasteiger partial charge is 0.494 e. The van der Waals surface area contributed by atoms with E-state index in [4.69, 9.17) is 14.0 Å². The molecule has 5 nitrogen and oxygen atoms in total. The number of carbonyl (C=O) groups is 2. The molecule has 1 unspecified atom stereocenters. The first-order chi connectivity index (χ1) is 13.6. The van der Waals surface area contributed by atoms with E-state index in [1.54, 1.807) is 18.2 Å². The van der Waals surface area contributed by atoms with Gasteiger partial charge in [-0.15, -0.1) is 0 Å². The van der Waals surface area contributed by atoms with Crippen LogP contribution in [0.2, 0.25) is 0 Å². The number of fused-ring (bicyclic) bond motifs is 1. The predicted octanol–water partition coefficient (Wildman–Crippen LogP) is 2.84. The molecule has 1 aliphatic heterocycles. The summed E-state index contributed by atoms with van der Waals surface area (Å²) in [7, 11) is 0.818. The van der Waals surface area contributed by atoms with Crippen molar-refractivity contribution >= 4 is 24.3 Å². The average Bonchev–Trinajstić information content (AvgIpc) is 3.12. The fourth-order valence-corrected chi connectivity index (χ4v) is 4.09. The van der Waals surface area contributed by atoms with Crippen molar-refractivity contribution in [3.63, 3.8) is 0 Å². The Morgan fingerprint density at radius 2 is 1.55 bits per heavy atom. The highest BCUT2D eigenvalue weighted by Gasteiger charge is 2.54. The number of methoxy groups -OCH3 is 1. The van der Waals surface area contributed by atoms with Crippen molar-refractivity contribution in [2.75, 3.05) is 7.11 Å². The number of ketones is 1. The number of hydrogen-bond donors (Lipinski definition) is 0. The van der Waals surface area contributed by atoms with E-state index in [-0.39, 0.29) is 5.78 Å². The highest BCUT2D eigenvalue weighted by atomic mass is 16.7. The van der Waals surface area contributed by atoms with Crippen molar-refractivity contribution in [2.24, 2.45) is 0 Å². The minimum Gasteiger partial charge on any atom is -0.468 e. The van der Waals surface area contributed by atoms with Crippen molar-refractivity contribution in [1.82, 2.24) is 0 Å². The molecule has 2 aromatic rings. The number of hydrogen-bond acceptors (Lipinski definition) is 5. The minimum absolute atomic E-state index is 0.219. The van der Waals surface area contributed by atoms with Crippen LogP contribution in [0.4, 0.5) is 0 Å². The summed E-state index contributed by atoms with van der Waals surface area (Å²) in [5, 5.41) is 0. The van der Waals surface area contributed by atoms with Crippen molar-refractivity contribution in [3.8, 4) is 0 Å². The second kappa shape index (κ2) is 6.54. The van der Waals surface area contributed by atoms with E-state index in [9.17, 15) is 9.59 Å². The molecule has 150 valence electrons. The minimum atomic E-state index is -1.35. The summed E-state index contributed by atoms with van der Waals surface area (Å²) in [6.45, 7) is 8.01. The normalized spacial score (nSPS) is 24.4. The van der Waals surface area contributed by atoms with Crippen LogP contribution in [0.5, 0.6) is 0 Å². The number of esters is 1. The average molecular weight is 392 g/mol. The van der Waals surface area contributed by atoms with Gasteiger partial charge in [-0.25, -0.2) is 0 Å². The van der Waals surface area contributed by atoms with Crippen molar-refractivity contribution in [3.05, 3.63) is 65.2 Å². The third-order valence-corrected chi connectivity index (χ3v) is 6.57. The van der Waals surface area contributed by atoms with Crippen LogP contribution in [0.1, 0.15) is 49.2 Å². The monoisotopic (exact) mass is 392 g/mol. The Labute approximate surface area is 171 Å². The van der Waals surface area contributed by atoms with Crippen LogP contribution >= 0.6 is 0 Å². The third kappa shape index (κ3) is 2.85. The maximum atomic E-state index is 13.3. The van der Waals surface area contributed by atoms with Crippen molar-refractivity contribution in [1.29, 1.82) is 0 Å². The van der Waals surface area contributed by atoms with Gasteiger partial charge in [-0.1, -0.05) is 48.5 Å². The number of Topliss-reactive ketones (excluding diaryl/α,β-unsaturated/α-hetero) is 1. The van der Waals surface area contributed by atoms with E-state index in [2.05, 4.69) is 0 Å². The molecule has 0 aromatic heterocycles. The van der Waals surface area contributed by atoms with Crippen molar-refractivity contribution in [2.45, 2.75) is 50.7 Å². The summed E-state index contributed by atoms with van der Waals surface area (Å²) < 4.78 is 17.3. The highest BCUT2D eigenvalue weighted by molar-refractivity contribution is 6.62. The van der Waals surface area contributed by atoms with Gasteiger partial charge in [0.15, 0.2) is 11.2 Å². The smallest absolute Gasteiger partial charge is 0.468 e. The second-order valence-electron chi connectivity index (χ2n) is 8.77. The van der Waals surface area contributed by atoms with Crippen LogP contribution in [0, 0.1) is 0 Å². The third-order valence-electron chi connectivity index (χ3n) is 6.57. The van der Waals surface area contributed by atoms with Crippen molar-refractivity contribution < 1.29 is 23.6 Å². The fraction of sp³-hybridized carbons (Fsp3) is 0.391. The zero-order valence-electron chi connectivity index (χ0n) is 17.4. The molecule has 1 saturated heterocycles. The second-order valence-corrected chi connectivity index (χ2v) is 8.77. The Morgan fingerprint density at radius 3 is 2.10 bits per heavy atom. The predicted molar refractivity (Wildman–Crippen MR) is 110 cm³/mol. The maximum Gasteiger partial charge on any atom is 0.494 e. The maximum absolute atomic E-state index is 13.3. The number of benzene rings is 2. The van der Waals surface area contributed by atoms with Gasteiger partial charge in [0.25, 0.3) is 0 Å². The Morgan fingerprint density at radius 1 is 0.966 bits per heavy atom. The lowest BCUT2D eigenvalue weighted by Crippen LogP contribution is -2.43. The SMILES string of the molecule is COC(=O)C1(c2ccc(B3OC(C)(C)C(C)(C)O3)cc2)Cc2ccccc2C1=O. The molecule has 2 aliphatic rings. The van der Waals surface area contributed by atoms with Gasteiger partial charge in [-0.2, -0.15) is 0 Å². The van der Waals surface area contributed by atoms with E-state index in [1.165, 1.54) is 7.11 Å². The van der Waals surface area contributed by atoms with E-state index in [1.807, 2.05) is 58.0 Å². The van der Waals surface area contributed by atoms with Gasteiger partial charge in [0.05, 0.1) is 18.3 Å². The Kier molecular flexibility index (Phi) is 4.48. The number of carbonyl (C=O) groups excluding carboxylic acids is 2. The van der Waals surface area contributed by atoms with Crippen LogP contribution in [0.25, 0.3) is 0 Å². The molecule has 1 aliphatic carbocycles. The molecule has 29 heavy (non-hydrogen) atoms. The first kappa shape index (κ1) is 19.9. The highest BCUT2D eigenvalue weighted by Crippen LogP contribution is 2.41. The molecule has 4 rings (SSSR count). The lowest BCUT2D eigenvalue weighted by atomic mass is 9.73. The molecule has 1 atom stereocenters. The van der Waals surface area contributed by atoms with Crippen LogP contribution in [0.3, 0.4) is 0 Å². The Bertz CT molecular complexity index is 963. The van der Waals surface area contributed by atoms with Crippen LogP contribution < -0.4 is 5.46 Å². The van der Waals surface area contributed by atoms with E-state index in [0.717, 1.165) is 11.0 Å². The lowest BCUT2D eigenvalue weighted by Gasteiger charge is -2.32. The number of rotatable bonds is 3. The van der Waals surface area contributed by atoms with Gasteiger partial charge in [0.1, 0.15) is 0 Å². The van der Waals surface area contributed by atoms with Crippen LogP contribution in [0.15, 0.2) is 48.5 Å². The molecule has 1 fully saturated rings. The topological polar surface area (TPSA) is 61.8 Å². The van der Waals surface area contributed by atoms with Crippen LogP contribution in [-0.4, -0.2) is 37.2 Å². The molecule has 0 amide bonds. The molecule has 6 heteroatoms. The first-order valence-electron chi connectivity index (χ1n) is 9.79. The molecule has 0 N–H and O–H groups in total. The van der Waals surface area contributed by atoms with E-state index >= 15 is 0 Å². The first-order valence-corrected chi connectivity index (χ1v) is 9.79. The Hall–Kier alpha value is -2.44. The Balaban J connectivity index is 1.70. The van der Waals surface area contributed by atoms with Gasteiger partial charge in [-0.05, 0) is 44.3 Å². The van der Waals surface area contributed by atoms with E-state index in [0.29, 0.717) is 17.5 Å². The summed E-state index contributed by atoms with van der Waals surface area (Å²) in [6, 6.07) is 14.7. The van der Waals surface area contributed by atoms with Gasteiger partial charge < -0.3 is 14.0 Å². The quantitative estimate of drug-likeness (QED) is 0.457. The van der Waals surface area contributed by atoms with Gasteiger partial charge in [0.2, 0.25) is 0 Å². The lowest BCUT2D eigenvalue weighted by molar-refractivity contribution is -0.145. The molecular weight excluding hydrogens is 367 g/mol. The molecular formula is C23H25BO5. The van der Waals surface area contributed by atoms with Crippen LogP contribution in [-0.2, 0) is 30.7 Å². The summed E-state index contributed by atoms with van der Waals surface area (Å²) >= 11 is 0. The molecule has 0 spiro atoms.